The van der Waals surface area contributed by atoms with Crippen molar-refractivity contribution in [1.29, 1.82) is 0 Å². The van der Waals surface area contributed by atoms with Gasteiger partial charge in [-0.2, -0.15) is 5.10 Å². The number of hydrogen-bond acceptors (Lipinski definition) is 5. The maximum atomic E-state index is 12.9. The highest BCUT2D eigenvalue weighted by atomic mass is 32.2. The fourth-order valence-corrected chi connectivity index (χ4v) is 5.61. The number of carbonyl (C=O) groups is 1. The fourth-order valence-electron chi connectivity index (χ4n) is 4.29. The Morgan fingerprint density at radius 3 is 2.34 bits per heavy atom. The van der Waals surface area contributed by atoms with E-state index in [0.717, 1.165) is 33.9 Å². The first kappa shape index (κ1) is 23.1. The summed E-state index contributed by atoms with van der Waals surface area (Å²) in [5.74, 6) is 2.76. The number of anilines is 1. The lowest BCUT2D eigenvalue weighted by Crippen LogP contribution is -2.22. The van der Waals surface area contributed by atoms with Crippen LogP contribution in [0.2, 0.25) is 0 Å². The summed E-state index contributed by atoms with van der Waals surface area (Å²) in [6, 6.07) is 23.6. The first-order valence-electron chi connectivity index (χ1n) is 11.5. The van der Waals surface area contributed by atoms with E-state index in [-0.39, 0.29) is 16.4 Å². The lowest BCUT2D eigenvalue weighted by molar-refractivity contribution is -0.115. The van der Waals surface area contributed by atoms with Crippen LogP contribution >= 0.6 is 11.8 Å². The van der Waals surface area contributed by atoms with E-state index in [0.29, 0.717) is 17.2 Å². The quantitative estimate of drug-likeness (QED) is 0.352. The SMILES string of the molecule is COc1ccccc1Oc1ccc([C@H]2S[C@@H](C)C(=O)Nc3c2c(C)nn3-c2ccccc2C)cc1. The molecular weight excluding hydrogens is 458 g/mol. The Labute approximate surface area is 209 Å². The van der Waals surface area contributed by atoms with Crippen molar-refractivity contribution >= 4 is 23.5 Å². The summed E-state index contributed by atoms with van der Waals surface area (Å²) < 4.78 is 13.3. The highest BCUT2D eigenvalue weighted by Gasteiger charge is 2.34. The molecule has 0 aliphatic carbocycles. The molecule has 1 N–H and O–H groups in total. The number of benzene rings is 3. The van der Waals surface area contributed by atoms with E-state index in [4.69, 9.17) is 14.6 Å². The molecule has 2 atom stereocenters. The molecule has 6 nitrogen and oxygen atoms in total. The van der Waals surface area contributed by atoms with Crippen molar-refractivity contribution in [2.75, 3.05) is 12.4 Å². The van der Waals surface area contributed by atoms with E-state index in [1.54, 1.807) is 18.9 Å². The van der Waals surface area contributed by atoms with E-state index in [1.807, 2.05) is 86.1 Å². The van der Waals surface area contributed by atoms with Gasteiger partial charge in [-0.3, -0.25) is 4.79 Å². The number of aromatic nitrogens is 2. The second-order valence-corrected chi connectivity index (χ2v) is 9.97. The number of ether oxygens (including phenoxy) is 2. The summed E-state index contributed by atoms with van der Waals surface area (Å²) >= 11 is 1.63. The molecule has 0 saturated carbocycles. The van der Waals surface area contributed by atoms with Gasteiger partial charge >= 0.3 is 0 Å². The first-order chi connectivity index (χ1) is 17.0. The molecule has 1 aliphatic heterocycles. The van der Waals surface area contributed by atoms with Gasteiger partial charge in [0.2, 0.25) is 5.91 Å². The molecule has 0 spiro atoms. The number of thioether (sulfide) groups is 1. The van der Waals surface area contributed by atoms with Crippen LogP contribution in [0.5, 0.6) is 17.2 Å². The molecule has 1 aliphatic rings. The lowest BCUT2D eigenvalue weighted by atomic mass is 10.0. The molecule has 0 fully saturated rings. The Bertz CT molecular complexity index is 1380. The van der Waals surface area contributed by atoms with Crippen molar-refractivity contribution in [3.63, 3.8) is 0 Å². The van der Waals surface area contributed by atoms with Gasteiger partial charge in [0, 0.05) is 5.56 Å². The highest BCUT2D eigenvalue weighted by molar-refractivity contribution is 8.01. The number of carbonyl (C=O) groups excluding carboxylic acids is 1. The highest BCUT2D eigenvalue weighted by Crippen LogP contribution is 2.46. The third kappa shape index (κ3) is 4.39. The van der Waals surface area contributed by atoms with Crippen LogP contribution < -0.4 is 14.8 Å². The number of amides is 1. The van der Waals surface area contributed by atoms with Crippen LogP contribution in [0, 0.1) is 13.8 Å². The summed E-state index contributed by atoms with van der Waals surface area (Å²) in [5, 5.41) is 7.71. The number of fused-ring (bicyclic) bond motifs is 1. The van der Waals surface area contributed by atoms with Crippen LogP contribution in [0.3, 0.4) is 0 Å². The Hall–Kier alpha value is -3.71. The van der Waals surface area contributed by atoms with Crippen molar-refractivity contribution in [2.24, 2.45) is 0 Å². The number of nitrogens with one attached hydrogen (secondary N) is 1. The normalized spacial score (nSPS) is 17.3. The van der Waals surface area contributed by atoms with Gasteiger partial charge in [-0.15, -0.1) is 11.8 Å². The topological polar surface area (TPSA) is 65.4 Å². The standard InChI is InChI=1S/C28H27N3O3S/c1-17-9-5-6-10-22(17)31-27-25(18(2)30-31)26(35-19(3)28(32)29-27)20-13-15-21(16-14-20)34-24-12-8-7-11-23(24)33-4/h5-16,19,26H,1-4H3,(H,29,32)/t19-,26+/m0/s1. The maximum Gasteiger partial charge on any atom is 0.238 e. The number of aryl methyl sites for hydroxylation is 2. The zero-order chi connectivity index (χ0) is 24.5. The Morgan fingerprint density at radius 1 is 0.943 bits per heavy atom. The third-order valence-corrected chi connectivity index (χ3v) is 7.55. The van der Waals surface area contributed by atoms with Crippen LogP contribution in [-0.2, 0) is 4.79 Å². The zero-order valence-electron chi connectivity index (χ0n) is 20.1. The largest absolute Gasteiger partial charge is 0.493 e. The van der Waals surface area contributed by atoms with E-state index in [9.17, 15) is 4.79 Å². The van der Waals surface area contributed by atoms with Gasteiger partial charge in [0.05, 0.1) is 29.0 Å². The minimum atomic E-state index is -0.221. The number of rotatable bonds is 5. The van der Waals surface area contributed by atoms with Gasteiger partial charge in [0.25, 0.3) is 0 Å². The van der Waals surface area contributed by atoms with E-state index in [2.05, 4.69) is 17.4 Å². The van der Waals surface area contributed by atoms with Crippen molar-refractivity contribution in [3.8, 4) is 22.9 Å². The molecule has 2 heterocycles. The monoisotopic (exact) mass is 485 g/mol. The summed E-state index contributed by atoms with van der Waals surface area (Å²) in [6.07, 6.45) is 0. The molecule has 4 aromatic rings. The van der Waals surface area contributed by atoms with Crippen LogP contribution in [0.25, 0.3) is 5.69 Å². The van der Waals surface area contributed by atoms with Gasteiger partial charge in [-0.25, -0.2) is 4.68 Å². The summed E-state index contributed by atoms with van der Waals surface area (Å²) in [5.41, 5.74) is 5.04. The van der Waals surface area contributed by atoms with Gasteiger partial charge < -0.3 is 14.8 Å². The third-order valence-electron chi connectivity index (χ3n) is 6.14. The van der Waals surface area contributed by atoms with Gasteiger partial charge in [0.1, 0.15) is 11.6 Å². The Kier molecular flexibility index (Phi) is 6.26. The van der Waals surface area contributed by atoms with E-state index >= 15 is 0 Å². The van der Waals surface area contributed by atoms with Crippen molar-refractivity contribution in [3.05, 3.63) is 95.2 Å². The molecule has 0 saturated heterocycles. The molecule has 3 aromatic carbocycles. The summed E-state index contributed by atoms with van der Waals surface area (Å²) in [7, 11) is 1.63. The van der Waals surface area contributed by atoms with E-state index in [1.165, 1.54) is 0 Å². The smallest absolute Gasteiger partial charge is 0.238 e. The predicted octanol–water partition coefficient (Wildman–Crippen LogP) is 6.45. The molecular formula is C28H27N3O3S. The fraction of sp³-hybridized carbons (Fsp3) is 0.214. The van der Waals surface area contributed by atoms with E-state index < -0.39 is 0 Å². The number of nitrogens with zero attached hydrogens (tertiary/aromatic N) is 2. The van der Waals surface area contributed by atoms with Crippen molar-refractivity contribution in [1.82, 2.24) is 9.78 Å². The average Bonchev–Trinajstić information content (AvgIpc) is 3.11. The van der Waals surface area contributed by atoms with Gasteiger partial charge in [-0.1, -0.05) is 42.5 Å². The first-order valence-corrected chi connectivity index (χ1v) is 12.4. The average molecular weight is 486 g/mol. The number of methoxy groups -OCH3 is 1. The molecule has 0 unspecified atom stereocenters. The molecule has 1 amide bonds. The summed E-state index contributed by atoms with van der Waals surface area (Å²) in [4.78, 5) is 12.9. The molecule has 5 rings (SSSR count). The van der Waals surface area contributed by atoms with Crippen LogP contribution in [0.1, 0.15) is 34.6 Å². The van der Waals surface area contributed by atoms with Crippen molar-refractivity contribution < 1.29 is 14.3 Å². The predicted molar refractivity (Wildman–Crippen MR) is 140 cm³/mol. The zero-order valence-corrected chi connectivity index (χ0v) is 20.9. The Balaban J connectivity index is 1.53. The number of hydrogen-bond donors (Lipinski definition) is 1. The molecule has 35 heavy (non-hydrogen) atoms. The van der Waals surface area contributed by atoms with Gasteiger partial charge in [-0.05, 0) is 62.2 Å². The summed E-state index contributed by atoms with van der Waals surface area (Å²) in [6.45, 7) is 5.99. The molecule has 7 heteroatoms. The van der Waals surface area contributed by atoms with Crippen molar-refractivity contribution in [2.45, 2.75) is 31.3 Å². The van der Waals surface area contributed by atoms with Gasteiger partial charge in [0.15, 0.2) is 11.5 Å². The molecule has 0 bridgehead atoms. The lowest BCUT2D eigenvalue weighted by Gasteiger charge is -2.18. The Morgan fingerprint density at radius 2 is 1.63 bits per heavy atom. The maximum absolute atomic E-state index is 12.9. The molecule has 178 valence electrons. The molecule has 0 radical (unpaired) electrons. The second kappa shape index (κ2) is 9.50. The van der Waals surface area contributed by atoms with Crippen LogP contribution in [0.15, 0.2) is 72.8 Å². The minimum Gasteiger partial charge on any atom is -0.493 e. The van der Waals surface area contributed by atoms with Crippen LogP contribution in [0.4, 0.5) is 5.82 Å². The second-order valence-electron chi connectivity index (χ2n) is 8.52. The minimum absolute atomic E-state index is 0.0235. The van der Waals surface area contributed by atoms with Crippen LogP contribution in [-0.4, -0.2) is 28.0 Å². The molecule has 1 aromatic heterocycles. The number of para-hydroxylation sites is 3.